The number of Topliss-reactive ketones (excluding diaryl/α,β-unsaturated/α-hetero) is 1. The molecule has 1 aromatic carbocycles. The number of carbonyl (C=O) groups is 1. The van der Waals surface area contributed by atoms with E-state index < -0.39 is 0 Å². The van der Waals surface area contributed by atoms with Crippen LogP contribution in [0.4, 0.5) is 5.69 Å². The van der Waals surface area contributed by atoms with Gasteiger partial charge in [0.15, 0.2) is 11.0 Å². The molecule has 0 bridgehead atoms. The molecular weight excluding hydrogens is 232 g/mol. The number of benzene rings is 1. The summed E-state index contributed by atoms with van der Waals surface area (Å²) in [5.74, 6) is 0.0882. The predicted molar refractivity (Wildman–Crippen MR) is 74.0 cm³/mol. The lowest BCUT2D eigenvalue weighted by molar-refractivity contribution is 0.101. The molecule has 0 aliphatic carbocycles. The highest BCUT2D eigenvalue weighted by Gasteiger charge is 2.27. The zero-order valence-electron chi connectivity index (χ0n) is 10.3. The van der Waals surface area contributed by atoms with Gasteiger partial charge in [-0.2, -0.15) is 0 Å². The summed E-state index contributed by atoms with van der Waals surface area (Å²) < 4.78 is 0.182. The monoisotopic (exact) mass is 248 g/mol. The molecule has 0 saturated heterocycles. The van der Waals surface area contributed by atoms with Crippen LogP contribution in [0.5, 0.6) is 0 Å². The largest absolute Gasteiger partial charge is 0.335 e. The number of aliphatic imine (C=N–C) groups is 1. The van der Waals surface area contributed by atoms with Crippen LogP contribution in [0.15, 0.2) is 29.3 Å². The first-order valence-electron chi connectivity index (χ1n) is 5.58. The van der Waals surface area contributed by atoms with Gasteiger partial charge in [0.05, 0.1) is 6.54 Å². The molecule has 17 heavy (non-hydrogen) atoms. The second-order valence-electron chi connectivity index (χ2n) is 4.74. The van der Waals surface area contributed by atoms with Crippen molar-refractivity contribution in [2.75, 3.05) is 11.9 Å². The summed E-state index contributed by atoms with van der Waals surface area (Å²) in [4.78, 5) is 15.6. The Kier molecular flexibility index (Phi) is 3.24. The number of amidine groups is 1. The Balaban J connectivity index is 2.03. The molecule has 1 aliphatic heterocycles. The molecule has 0 saturated carbocycles. The Labute approximate surface area is 106 Å². The molecule has 0 unspecified atom stereocenters. The third kappa shape index (κ3) is 3.09. The highest BCUT2D eigenvalue weighted by Crippen LogP contribution is 2.32. The summed E-state index contributed by atoms with van der Waals surface area (Å²) in [5.41, 5.74) is 1.70. The molecule has 1 N–H and O–H groups in total. The lowest BCUT2D eigenvalue weighted by Gasteiger charge is -2.14. The summed E-state index contributed by atoms with van der Waals surface area (Å²) in [6.45, 7) is 6.76. The van der Waals surface area contributed by atoms with E-state index in [1.54, 1.807) is 18.7 Å². The van der Waals surface area contributed by atoms with Crippen molar-refractivity contribution >= 4 is 28.4 Å². The maximum Gasteiger partial charge on any atom is 0.161 e. The zero-order valence-corrected chi connectivity index (χ0v) is 11.1. The number of nitrogens with one attached hydrogen (secondary N) is 1. The van der Waals surface area contributed by atoms with Crippen molar-refractivity contribution in [2.24, 2.45) is 4.99 Å². The molecule has 0 fully saturated rings. The van der Waals surface area contributed by atoms with Crippen LogP contribution in [0.25, 0.3) is 0 Å². The van der Waals surface area contributed by atoms with Crippen molar-refractivity contribution < 1.29 is 4.79 Å². The average molecular weight is 248 g/mol. The number of carbonyl (C=O) groups excluding carboxylic acids is 1. The molecule has 1 aliphatic rings. The maximum atomic E-state index is 11.1. The minimum absolute atomic E-state index is 0.0882. The van der Waals surface area contributed by atoms with Gasteiger partial charge in [0.2, 0.25) is 0 Å². The Bertz CT molecular complexity index is 463. The number of rotatable bonds is 2. The number of anilines is 1. The fraction of sp³-hybridized carbons (Fsp3) is 0.385. The molecule has 2 rings (SSSR count). The molecule has 0 amide bonds. The van der Waals surface area contributed by atoms with E-state index >= 15 is 0 Å². The Morgan fingerprint density at radius 1 is 1.35 bits per heavy atom. The predicted octanol–water partition coefficient (Wildman–Crippen LogP) is 3.18. The third-order valence-corrected chi connectivity index (χ3v) is 3.63. The maximum absolute atomic E-state index is 11.1. The lowest BCUT2D eigenvalue weighted by atomic mass is 10.1. The number of hydrogen-bond donors (Lipinski definition) is 1. The normalized spacial score (nSPS) is 17.7. The summed E-state index contributed by atoms with van der Waals surface area (Å²) in [7, 11) is 0. The van der Waals surface area contributed by atoms with E-state index in [0.29, 0.717) is 0 Å². The molecule has 1 aromatic rings. The smallest absolute Gasteiger partial charge is 0.161 e. The van der Waals surface area contributed by atoms with Gasteiger partial charge < -0.3 is 5.32 Å². The quantitative estimate of drug-likeness (QED) is 0.817. The van der Waals surface area contributed by atoms with Crippen LogP contribution in [0.3, 0.4) is 0 Å². The van der Waals surface area contributed by atoms with Gasteiger partial charge in [-0.05, 0) is 45.0 Å². The van der Waals surface area contributed by atoms with E-state index in [4.69, 9.17) is 0 Å². The van der Waals surface area contributed by atoms with E-state index in [1.807, 2.05) is 24.3 Å². The summed E-state index contributed by atoms with van der Waals surface area (Å²) >= 11 is 1.75. The van der Waals surface area contributed by atoms with Gasteiger partial charge >= 0.3 is 0 Å². The van der Waals surface area contributed by atoms with E-state index in [0.717, 1.165) is 23.0 Å². The van der Waals surface area contributed by atoms with Crippen LogP contribution in [-0.2, 0) is 0 Å². The van der Waals surface area contributed by atoms with Crippen LogP contribution in [0.1, 0.15) is 31.1 Å². The highest BCUT2D eigenvalue weighted by molar-refractivity contribution is 8.15. The fourth-order valence-corrected chi connectivity index (χ4v) is 2.52. The lowest BCUT2D eigenvalue weighted by Crippen LogP contribution is -2.16. The SMILES string of the molecule is CC(=O)c1ccc(NC2=NCC(C)(C)S2)cc1. The van der Waals surface area contributed by atoms with Crippen molar-refractivity contribution in [1.29, 1.82) is 0 Å². The molecular formula is C13H16N2OS. The Morgan fingerprint density at radius 2 is 2.00 bits per heavy atom. The van der Waals surface area contributed by atoms with Gasteiger partial charge in [-0.3, -0.25) is 9.79 Å². The Hall–Kier alpha value is -1.29. The van der Waals surface area contributed by atoms with Crippen molar-refractivity contribution in [1.82, 2.24) is 0 Å². The fourth-order valence-electron chi connectivity index (χ4n) is 1.57. The van der Waals surface area contributed by atoms with Crippen LogP contribution in [0.2, 0.25) is 0 Å². The second-order valence-corrected chi connectivity index (χ2v) is 6.44. The van der Waals surface area contributed by atoms with E-state index in [9.17, 15) is 4.79 Å². The number of thioether (sulfide) groups is 1. The molecule has 4 heteroatoms. The van der Waals surface area contributed by atoms with Gasteiger partial charge in [-0.15, -0.1) is 0 Å². The van der Waals surface area contributed by atoms with Crippen molar-refractivity contribution in [2.45, 2.75) is 25.5 Å². The molecule has 0 aromatic heterocycles. The van der Waals surface area contributed by atoms with Gasteiger partial charge in [0.25, 0.3) is 0 Å². The highest BCUT2D eigenvalue weighted by atomic mass is 32.2. The minimum atomic E-state index is 0.0882. The van der Waals surface area contributed by atoms with Gasteiger partial charge in [-0.25, -0.2) is 0 Å². The average Bonchev–Trinajstić information content (AvgIpc) is 2.59. The number of ketones is 1. The summed E-state index contributed by atoms with van der Waals surface area (Å²) in [6.07, 6.45) is 0. The number of hydrogen-bond acceptors (Lipinski definition) is 4. The summed E-state index contributed by atoms with van der Waals surface area (Å²) in [6, 6.07) is 7.47. The molecule has 0 atom stereocenters. The second kappa shape index (κ2) is 4.53. The van der Waals surface area contributed by atoms with Crippen LogP contribution < -0.4 is 5.32 Å². The van der Waals surface area contributed by atoms with Gasteiger partial charge in [0.1, 0.15) is 0 Å². The van der Waals surface area contributed by atoms with E-state index in [-0.39, 0.29) is 10.5 Å². The molecule has 3 nitrogen and oxygen atoms in total. The molecule has 0 spiro atoms. The molecule has 90 valence electrons. The molecule has 1 heterocycles. The number of nitrogens with zero attached hydrogens (tertiary/aromatic N) is 1. The minimum Gasteiger partial charge on any atom is -0.335 e. The van der Waals surface area contributed by atoms with Crippen molar-refractivity contribution in [3.05, 3.63) is 29.8 Å². The first kappa shape index (κ1) is 12.2. The summed E-state index contributed by atoms with van der Waals surface area (Å²) in [5, 5.41) is 4.21. The van der Waals surface area contributed by atoms with Crippen molar-refractivity contribution in [3.8, 4) is 0 Å². The Morgan fingerprint density at radius 3 is 2.47 bits per heavy atom. The standard InChI is InChI=1S/C13H16N2OS/c1-9(16)10-4-6-11(7-5-10)15-12-14-8-13(2,3)17-12/h4-7H,8H2,1-3H3,(H,14,15). The zero-order chi connectivity index (χ0) is 12.5. The van der Waals surface area contributed by atoms with Crippen LogP contribution >= 0.6 is 11.8 Å². The van der Waals surface area contributed by atoms with Gasteiger partial charge in [0, 0.05) is 16.0 Å². The topological polar surface area (TPSA) is 41.5 Å². The molecule has 0 radical (unpaired) electrons. The first-order valence-corrected chi connectivity index (χ1v) is 6.39. The third-order valence-electron chi connectivity index (χ3n) is 2.52. The van der Waals surface area contributed by atoms with Gasteiger partial charge in [-0.1, -0.05) is 11.8 Å². The van der Waals surface area contributed by atoms with E-state index in [2.05, 4.69) is 24.2 Å². The first-order chi connectivity index (χ1) is 7.96. The van der Waals surface area contributed by atoms with E-state index in [1.165, 1.54) is 0 Å². The van der Waals surface area contributed by atoms with Crippen LogP contribution in [-0.4, -0.2) is 22.2 Å². The van der Waals surface area contributed by atoms with Crippen LogP contribution in [0, 0.1) is 0 Å². The van der Waals surface area contributed by atoms with Crippen molar-refractivity contribution in [3.63, 3.8) is 0 Å².